The van der Waals surface area contributed by atoms with Gasteiger partial charge in [-0.25, -0.2) is 0 Å². The predicted molar refractivity (Wildman–Crippen MR) is 95.6 cm³/mol. The highest BCUT2D eigenvalue weighted by Gasteiger charge is 2.08. The fourth-order valence-corrected chi connectivity index (χ4v) is 2.22. The van der Waals surface area contributed by atoms with E-state index in [1.54, 1.807) is 6.07 Å². The lowest BCUT2D eigenvalue weighted by Crippen LogP contribution is -2.21. The number of nitrogens with one attached hydrogen (secondary N) is 2. The van der Waals surface area contributed by atoms with Crippen LogP contribution in [0.3, 0.4) is 0 Å². The molecule has 0 aromatic heterocycles. The molecule has 2 amide bonds. The number of carbonyl (C=O) groups excluding carboxylic acids is 3. The standard InChI is InChI=1S/C17H23BrN2O4/c1-12-10-14(7-8-15(12)18)20-16(22)11-24-17(23)6-4-3-5-9-19-13(2)21/h7-8,10H,3-6,9,11H2,1-2H3,(H,19,21)(H,20,22). The summed E-state index contributed by atoms with van der Waals surface area (Å²) in [6.45, 7) is 3.71. The van der Waals surface area contributed by atoms with Gasteiger partial charge in [0, 0.05) is 30.0 Å². The van der Waals surface area contributed by atoms with E-state index in [0.717, 1.165) is 22.9 Å². The van der Waals surface area contributed by atoms with Crippen LogP contribution in [0.15, 0.2) is 22.7 Å². The molecule has 0 fully saturated rings. The molecule has 1 aromatic carbocycles. The highest BCUT2D eigenvalue weighted by molar-refractivity contribution is 9.10. The van der Waals surface area contributed by atoms with E-state index in [0.29, 0.717) is 18.7 Å². The number of ether oxygens (including phenoxy) is 1. The van der Waals surface area contributed by atoms with E-state index in [4.69, 9.17) is 4.74 Å². The van der Waals surface area contributed by atoms with Crippen molar-refractivity contribution in [3.8, 4) is 0 Å². The minimum Gasteiger partial charge on any atom is -0.456 e. The van der Waals surface area contributed by atoms with E-state index in [-0.39, 0.29) is 24.8 Å². The van der Waals surface area contributed by atoms with Gasteiger partial charge in [-0.2, -0.15) is 0 Å². The number of rotatable bonds is 9. The number of esters is 1. The summed E-state index contributed by atoms with van der Waals surface area (Å²) in [5, 5.41) is 5.38. The van der Waals surface area contributed by atoms with Crippen LogP contribution < -0.4 is 10.6 Å². The van der Waals surface area contributed by atoms with E-state index < -0.39 is 5.97 Å². The van der Waals surface area contributed by atoms with Crippen LogP contribution in [-0.4, -0.2) is 30.9 Å². The third-order valence-electron chi connectivity index (χ3n) is 3.24. The second-order valence-electron chi connectivity index (χ2n) is 5.47. The van der Waals surface area contributed by atoms with E-state index in [1.165, 1.54) is 6.92 Å². The molecule has 0 heterocycles. The monoisotopic (exact) mass is 398 g/mol. The number of hydrogen-bond donors (Lipinski definition) is 2. The molecule has 0 saturated heterocycles. The van der Waals surface area contributed by atoms with Crippen LogP contribution in [0.25, 0.3) is 0 Å². The summed E-state index contributed by atoms with van der Waals surface area (Å²) in [4.78, 5) is 34.0. The lowest BCUT2D eigenvalue weighted by atomic mass is 10.2. The van der Waals surface area contributed by atoms with Gasteiger partial charge in [0.25, 0.3) is 5.91 Å². The van der Waals surface area contributed by atoms with Crippen molar-refractivity contribution < 1.29 is 19.1 Å². The number of benzene rings is 1. The maximum Gasteiger partial charge on any atom is 0.306 e. The molecule has 0 bridgehead atoms. The van der Waals surface area contributed by atoms with Crippen LogP contribution in [0.4, 0.5) is 5.69 Å². The maximum atomic E-state index is 11.8. The summed E-state index contributed by atoms with van der Waals surface area (Å²) in [6.07, 6.45) is 2.58. The Morgan fingerprint density at radius 1 is 1.17 bits per heavy atom. The van der Waals surface area contributed by atoms with Gasteiger partial charge >= 0.3 is 5.97 Å². The van der Waals surface area contributed by atoms with Crippen LogP contribution in [0, 0.1) is 6.92 Å². The van der Waals surface area contributed by atoms with Crippen molar-refractivity contribution in [2.75, 3.05) is 18.5 Å². The van der Waals surface area contributed by atoms with Crippen molar-refractivity contribution in [2.24, 2.45) is 0 Å². The number of unbranched alkanes of at least 4 members (excludes halogenated alkanes) is 2. The first-order valence-corrected chi connectivity index (χ1v) is 8.64. The zero-order valence-corrected chi connectivity index (χ0v) is 15.6. The fourth-order valence-electron chi connectivity index (χ4n) is 1.97. The summed E-state index contributed by atoms with van der Waals surface area (Å²) in [7, 11) is 0. The molecule has 0 spiro atoms. The largest absolute Gasteiger partial charge is 0.456 e. The van der Waals surface area contributed by atoms with Gasteiger partial charge in [-0.05, 0) is 43.5 Å². The van der Waals surface area contributed by atoms with Gasteiger partial charge in [0.2, 0.25) is 5.91 Å². The lowest BCUT2D eigenvalue weighted by molar-refractivity contribution is -0.147. The minimum absolute atomic E-state index is 0.0543. The topological polar surface area (TPSA) is 84.5 Å². The molecule has 2 N–H and O–H groups in total. The van der Waals surface area contributed by atoms with E-state index in [1.807, 2.05) is 19.1 Å². The Morgan fingerprint density at radius 2 is 1.92 bits per heavy atom. The number of halogens is 1. The number of amides is 2. The van der Waals surface area contributed by atoms with Crippen molar-refractivity contribution in [1.82, 2.24) is 5.32 Å². The van der Waals surface area contributed by atoms with Gasteiger partial charge in [0.05, 0.1) is 0 Å². The fraction of sp³-hybridized carbons (Fsp3) is 0.471. The first kappa shape index (κ1) is 20.2. The Bertz CT molecular complexity index is 590. The third kappa shape index (κ3) is 8.67. The second kappa shape index (κ2) is 10.8. The molecular weight excluding hydrogens is 376 g/mol. The summed E-state index contributed by atoms with van der Waals surface area (Å²) < 4.78 is 5.91. The smallest absolute Gasteiger partial charge is 0.306 e. The normalized spacial score (nSPS) is 10.1. The van der Waals surface area contributed by atoms with Gasteiger partial charge in [-0.15, -0.1) is 0 Å². The summed E-state index contributed by atoms with van der Waals surface area (Å²) in [6, 6.07) is 5.45. The molecule has 24 heavy (non-hydrogen) atoms. The van der Waals surface area contributed by atoms with Gasteiger partial charge < -0.3 is 15.4 Å². The second-order valence-corrected chi connectivity index (χ2v) is 6.32. The maximum absolute atomic E-state index is 11.8. The highest BCUT2D eigenvalue weighted by atomic mass is 79.9. The molecule has 0 saturated carbocycles. The van der Waals surface area contributed by atoms with Gasteiger partial charge in [-0.1, -0.05) is 22.4 Å². The van der Waals surface area contributed by atoms with Crippen molar-refractivity contribution in [2.45, 2.75) is 39.5 Å². The summed E-state index contributed by atoms with van der Waals surface area (Å²) in [5.74, 6) is -0.811. The SMILES string of the molecule is CC(=O)NCCCCCC(=O)OCC(=O)Nc1ccc(Br)c(C)c1. The third-order valence-corrected chi connectivity index (χ3v) is 4.13. The van der Waals surface area contributed by atoms with Gasteiger partial charge in [0.15, 0.2) is 6.61 Å². The first-order chi connectivity index (χ1) is 11.4. The quantitative estimate of drug-likeness (QED) is 0.494. The minimum atomic E-state index is -0.392. The Labute approximate surface area is 150 Å². The van der Waals surface area contributed by atoms with Gasteiger partial charge in [-0.3, -0.25) is 14.4 Å². The lowest BCUT2D eigenvalue weighted by Gasteiger charge is -2.08. The Hall–Kier alpha value is -1.89. The molecule has 0 aliphatic heterocycles. The van der Waals surface area contributed by atoms with Gasteiger partial charge in [0.1, 0.15) is 0 Å². The zero-order chi connectivity index (χ0) is 17.9. The molecule has 7 heteroatoms. The predicted octanol–water partition coefficient (Wildman–Crippen LogP) is 2.94. The number of carbonyl (C=O) groups is 3. The average molecular weight is 399 g/mol. The average Bonchev–Trinajstić information content (AvgIpc) is 2.52. The van der Waals surface area contributed by atoms with Crippen LogP contribution in [-0.2, 0) is 19.1 Å². The van der Waals surface area contributed by atoms with Crippen LogP contribution >= 0.6 is 15.9 Å². The van der Waals surface area contributed by atoms with Crippen LogP contribution in [0.5, 0.6) is 0 Å². The van der Waals surface area contributed by atoms with Crippen molar-refractivity contribution in [1.29, 1.82) is 0 Å². The zero-order valence-electron chi connectivity index (χ0n) is 14.0. The number of hydrogen-bond acceptors (Lipinski definition) is 4. The van der Waals surface area contributed by atoms with Crippen molar-refractivity contribution in [3.05, 3.63) is 28.2 Å². The molecule has 0 aliphatic rings. The molecule has 6 nitrogen and oxygen atoms in total. The molecule has 0 atom stereocenters. The Balaban J connectivity index is 2.16. The number of aryl methyl sites for hydroxylation is 1. The highest BCUT2D eigenvalue weighted by Crippen LogP contribution is 2.19. The van der Waals surface area contributed by atoms with E-state index in [2.05, 4.69) is 26.6 Å². The molecule has 0 unspecified atom stereocenters. The van der Waals surface area contributed by atoms with Crippen LogP contribution in [0.1, 0.15) is 38.2 Å². The van der Waals surface area contributed by atoms with E-state index in [9.17, 15) is 14.4 Å². The van der Waals surface area contributed by atoms with Crippen LogP contribution in [0.2, 0.25) is 0 Å². The molecule has 132 valence electrons. The Kier molecular flexibility index (Phi) is 9.07. The molecule has 1 aromatic rings. The van der Waals surface area contributed by atoms with Crippen molar-refractivity contribution in [3.63, 3.8) is 0 Å². The molecule has 0 aliphatic carbocycles. The summed E-state index contributed by atoms with van der Waals surface area (Å²) >= 11 is 3.39. The molecule has 0 radical (unpaired) electrons. The first-order valence-electron chi connectivity index (χ1n) is 7.84. The number of anilines is 1. The summed E-state index contributed by atoms with van der Waals surface area (Å²) in [5.41, 5.74) is 1.67. The van der Waals surface area contributed by atoms with Crippen molar-refractivity contribution >= 4 is 39.4 Å². The molecule has 1 rings (SSSR count). The molecular formula is C17H23BrN2O4. The van der Waals surface area contributed by atoms with E-state index >= 15 is 0 Å². The Morgan fingerprint density at radius 3 is 2.58 bits per heavy atom.